The van der Waals surface area contributed by atoms with E-state index in [1.54, 1.807) is 17.0 Å². The topological polar surface area (TPSA) is 108 Å². The van der Waals surface area contributed by atoms with Gasteiger partial charge >= 0.3 is 0 Å². The van der Waals surface area contributed by atoms with Gasteiger partial charge in [-0.15, -0.1) is 0 Å². The number of alkyl halides is 1. The number of rotatable bonds is 10. The highest BCUT2D eigenvalue weighted by atomic mass is 79.9. The van der Waals surface area contributed by atoms with Crippen molar-refractivity contribution in [3.63, 3.8) is 0 Å². The molecule has 2 bridgehead atoms. The number of ether oxygens (including phenoxy) is 1. The smallest absolute Gasteiger partial charge is 0.246 e. The van der Waals surface area contributed by atoms with Crippen molar-refractivity contribution in [2.24, 2.45) is 11.8 Å². The average molecular weight is 536 g/mol. The lowest BCUT2D eigenvalue weighted by molar-refractivity contribution is -0.141. The Kier molecular flexibility index (Phi) is 7.64. The maximum absolute atomic E-state index is 13.8. The molecule has 34 heavy (non-hydrogen) atoms. The van der Waals surface area contributed by atoms with Crippen LogP contribution in [0.4, 0.5) is 5.69 Å². The van der Waals surface area contributed by atoms with Crippen LogP contribution in [0.3, 0.4) is 0 Å². The van der Waals surface area contributed by atoms with Crippen molar-refractivity contribution in [1.82, 2.24) is 10.2 Å². The van der Waals surface area contributed by atoms with E-state index in [4.69, 9.17) is 4.74 Å². The molecule has 0 aromatic heterocycles. The molecule has 186 valence electrons. The van der Waals surface area contributed by atoms with E-state index < -0.39 is 29.6 Å². The number of likely N-dealkylation sites (tertiary alicyclic amines) is 1. The van der Waals surface area contributed by atoms with E-state index in [9.17, 15) is 19.5 Å². The van der Waals surface area contributed by atoms with Gasteiger partial charge in [-0.25, -0.2) is 0 Å². The summed E-state index contributed by atoms with van der Waals surface area (Å²) in [5.41, 5.74) is -0.396. The Bertz CT molecular complexity index is 915. The first kappa shape index (κ1) is 25.1. The fourth-order valence-corrected chi connectivity index (χ4v) is 6.88. The molecule has 3 fully saturated rings. The van der Waals surface area contributed by atoms with E-state index in [-0.39, 0.29) is 35.2 Å². The van der Waals surface area contributed by atoms with Crippen LogP contribution in [0.15, 0.2) is 30.3 Å². The highest BCUT2D eigenvalue weighted by molar-refractivity contribution is 9.09. The first-order chi connectivity index (χ1) is 16.3. The number of nitrogens with zero attached hydrogens (tertiary/aromatic N) is 1. The van der Waals surface area contributed by atoms with E-state index >= 15 is 0 Å². The Hall–Kier alpha value is -1.97. The largest absolute Gasteiger partial charge is 0.396 e. The lowest BCUT2D eigenvalue weighted by atomic mass is 9.70. The number of nitrogens with one attached hydrogen (secondary N) is 2. The molecule has 0 radical (unpaired) electrons. The molecule has 4 unspecified atom stereocenters. The van der Waals surface area contributed by atoms with Gasteiger partial charge < -0.3 is 25.4 Å². The molecule has 3 amide bonds. The fourth-order valence-electron chi connectivity index (χ4n) is 5.94. The molecule has 4 rings (SSSR count). The average Bonchev–Trinajstić information content (AvgIpc) is 3.38. The predicted molar refractivity (Wildman–Crippen MR) is 131 cm³/mol. The van der Waals surface area contributed by atoms with Crippen LogP contribution in [0.1, 0.15) is 46.0 Å². The van der Waals surface area contributed by atoms with Gasteiger partial charge in [0, 0.05) is 29.7 Å². The van der Waals surface area contributed by atoms with Gasteiger partial charge in [-0.05, 0) is 44.7 Å². The minimum Gasteiger partial charge on any atom is -0.396 e. The summed E-state index contributed by atoms with van der Waals surface area (Å²) in [6, 6.07) is 8.31. The van der Waals surface area contributed by atoms with Crippen molar-refractivity contribution in [2.45, 2.75) is 74.6 Å². The van der Waals surface area contributed by atoms with Crippen molar-refractivity contribution in [3.05, 3.63) is 30.3 Å². The van der Waals surface area contributed by atoms with Crippen LogP contribution in [0.5, 0.6) is 0 Å². The van der Waals surface area contributed by atoms with E-state index in [1.165, 1.54) is 0 Å². The van der Waals surface area contributed by atoms with Crippen LogP contribution < -0.4 is 10.6 Å². The second-order valence-electron chi connectivity index (χ2n) is 9.68. The zero-order valence-electron chi connectivity index (χ0n) is 19.7. The summed E-state index contributed by atoms with van der Waals surface area (Å²) in [5, 5.41) is 15.3. The number of anilines is 1. The number of unbranched alkanes of at least 4 members (excludes halogenated alkanes) is 1. The van der Waals surface area contributed by atoms with Crippen LogP contribution in [0.25, 0.3) is 0 Å². The minimum atomic E-state index is -1.05. The highest BCUT2D eigenvalue weighted by Gasteiger charge is 2.76. The Labute approximate surface area is 208 Å². The molecule has 3 N–H and O–H groups in total. The second-order valence-corrected chi connectivity index (χ2v) is 10.9. The Morgan fingerprint density at radius 2 is 2.00 bits per heavy atom. The summed E-state index contributed by atoms with van der Waals surface area (Å²) >= 11 is 3.68. The predicted octanol–water partition coefficient (Wildman–Crippen LogP) is 2.45. The van der Waals surface area contributed by atoms with Crippen LogP contribution in [-0.2, 0) is 19.1 Å². The zero-order valence-corrected chi connectivity index (χ0v) is 21.3. The molecular formula is C25H34BrN3O5. The fraction of sp³-hybridized carbons (Fsp3) is 0.640. The summed E-state index contributed by atoms with van der Waals surface area (Å²) in [6.07, 6.45) is 2.87. The van der Waals surface area contributed by atoms with Gasteiger partial charge in [-0.3, -0.25) is 14.4 Å². The minimum absolute atomic E-state index is 0.0190. The number of fused-ring (bicyclic) bond motifs is 1. The normalized spacial score (nSPS) is 32.5. The molecule has 1 spiro atoms. The van der Waals surface area contributed by atoms with Gasteiger partial charge in [0.05, 0.1) is 17.9 Å². The van der Waals surface area contributed by atoms with Crippen molar-refractivity contribution in [1.29, 1.82) is 0 Å². The van der Waals surface area contributed by atoms with E-state index in [1.807, 2.05) is 25.1 Å². The lowest BCUT2D eigenvalue weighted by Gasteiger charge is -2.34. The number of amides is 3. The number of aliphatic hydroxyl groups is 1. The number of hydrogen-bond acceptors (Lipinski definition) is 5. The maximum atomic E-state index is 13.8. The third-order valence-electron chi connectivity index (χ3n) is 7.30. The monoisotopic (exact) mass is 535 g/mol. The zero-order chi connectivity index (χ0) is 24.5. The highest BCUT2D eigenvalue weighted by Crippen LogP contribution is 2.60. The van der Waals surface area contributed by atoms with Crippen molar-refractivity contribution < 1.29 is 24.2 Å². The number of aliphatic hydroxyl groups excluding tert-OH is 1. The first-order valence-corrected chi connectivity index (χ1v) is 13.1. The molecule has 7 atom stereocenters. The third-order valence-corrected chi connectivity index (χ3v) is 8.14. The molecular weight excluding hydrogens is 502 g/mol. The van der Waals surface area contributed by atoms with Gasteiger partial charge in [0.2, 0.25) is 17.7 Å². The van der Waals surface area contributed by atoms with Gasteiger partial charge in [-0.2, -0.15) is 0 Å². The second kappa shape index (κ2) is 10.3. The number of benzene rings is 1. The molecule has 0 saturated carbocycles. The summed E-state index contributed by atoms with van der Waals surface area (Å²) in [7, 11) is 0. The van der Waals surface area contributed by atoms with Gasteiger partial charge in [0.1, 0.15) is 11.6 Å². The van der Waals surface area contributed by atoms with Crippen LogP contribution >= 0.6 is 15.9 Å². The standard InChI is InChI=1S/C25H34BrN3O5/c1-3-9-15(2)27-23(32)21-25-14-17(26)20(34-25)18(22(31)28-16-10-5-4-6-11-16)19(25)24(33)29(21)12-7-8-13-30/h4-6,10-11,15,17-21,30H,3,7-9,12-14H2,1-2H3,(H,27,32)(H,28,31)/t15?,17?,18-,19-,20-,21?,25?/m0/s1. The lowest BCUT2D eigenvalue weighted by Crippen LogP contribution is -2.57. The maximum Gasteiger partial charge on any atom is 0.246 e. The molecule has 3 heterocycles. The number of carbonyl (C=O) groups excluding carboxylic acids is 3. The summed E-state index contributed by atoms with van der Waals surface area (Å²) in [6.45, 7) is 4.38. The molecule has 3 aliphatic rings. The van der Waals surface area contributed by atoms with E-state index in [0.29, 0.717) is 31.5 Å². The van der Waals surface area contributed by atoms with Crippen LogP contribution in [0.2, 0.25) is 0 Å². The molecule has 0 aliphatic carbocycles. The molecule has 3 saturated heterocycles. The Morgan fingerprint density at radius 3 is 2.68 bits per heavy atom. The van der Waals surface area contributed by atoms with Crippen molar-refractivity contribution >= 4 is 39.3 Å². The number of halogens is 1. The van der Waals surface area contributed by atoms with E-state index in [2.05, 4.69) is 33.5 Å². The van der Waals surface area contributed by atoms with Crippen molar-refractivity contribution in [3.8, 4) is 0 Å². The van der Waals surface area contributed by atoms with Crippen LogP contribution in [0, 0.1) is 11.8 Å². The molecule has 9 heteroatoms. The summed E-state index contributed by atoms with van der Waals surface area (Å²) < 4.78 is 6.47. The quantitative estimate of drug-likeness (QED) is 0.315. The van der Waals surface area contributed by atoms with Gasteiger partial charge in [-0.1, -0.05) is 47.5 Å². The molecule has 8 nitrogen and oxygen atoms in total. The Balaban J connectivity index is 1.65. The van der Waals surface area contributed by atoms with Gasteiger partial charge in [0.15, 0.2) is 0 Å². The van der Waals surface area contributed by atoms with Crippen LogP contribution in [-0.4, -0.2) is 69.5 Å². The number of carbonyl (C=O) groups is 3. The van der Waals surface area contributed by atoms with Crippen molar-refractivity contribution in [2.75, 3.05) is 18.5 Å². The number of hydrogen-bond donors (Lipinski definition) is 3. The van der Waals surface area contributed by atoms with E-state index in [0.717, 1.165) is 12.8 Å². The SMILES string of the molecule is CCCC(C)NC(=O)C1N(CCCCO)C(=O)[C@@H]2[C@H](C(=O)Nc3ccccc3)[C@H]3OC12CC3Br. The third kappa shape index (κ3) is 4.38. The summed E-state index contributed by atoms with van der Waals surface area (Å²) in [4.78, 5) is 42.2. The van der Waals surface area contributed by atoms with Gasteiger partial charge in [0.25, 0.3) is 0 Å². The molecule has 1 aromatic rings. The molecule has 1 aromatic carbocycles. The number of para-hydroxylation sites is 1. The summed E-state index contributed by atoms with van der Waals surface area (Å²) in [5.74, 6) is -2.13. The Morgan fingerprint density at radius 1 is 1.26 bits per heavy atom. The first-order valence-electron chi connectivity index (χ1n) is 12.2. The molecule has 3 aliphatic heterocycles.